The Labute approximate surface area is 123 Å². The molecule has 2 rings (SSSR count). The number of anilines is 1. The number of nitrogens with one attached hydrogen (secondary N) is 1. The van der Waals surface area contributed by atoms with Crippen molar-refractivity contribution in [2.75, 3.05) is 5.73 Å². The monoisotopic (exact) mass is 310 g/mol. The van der Waals surface area contributed by atoms with E-state index in [1.54, 1.807) is 24.3 Å². The second-order valence-electron chi connectivity index (χ2n) is 4.81. The lowest BCUT2D eigenvalue weighted by molar-refractivity contribution is 0.581. The molecule has 3 N–H and O–H groups in total. The van der Waals surface area contributed by atoms with Gasteiger partial charge in [-0.3, -0.25) is 0 Å². The maximum absolute atomic E-state index is 12.4. The van der Waals surface area contributed by atoms with Crippen LogP contribution in [-0.4, -0.2) is 8.42 Å². The van der Waals surface area contributed by atoms with Crippen LogP contribution in [0.3, 0.4) is 0 Å². The predicted octanol–water partition coefficient (Wildman–Crippen LogP) is 2.73. The maximum atomic E-state index is 12.4. The van der Waals surface area contributed by atoms with Crippen molar-refractivity contribution in [3.05, 3.63) is 45.1 Å². The molecule has 4 nitrogen and oxygen atoms in total. The molecule has 1 aromatic heterocycles. The molecule has 0 atom stereocenters. The Morgan fingerprint density at radius 2 is 1.90 bits per heavy atom. The zero-order valence-electron chi connectivity index (χ0n) is 11.7. The van der Waals surface area contributed by atoms with E-state index in [1.165, 1.54) is 6.07 Å². The molecular weight excluding hydrogens is 292 g/mol. The summed E-state index contributed by atoms with van der Waals surface area (Å²) in [6.45, 7) is 5.92. The van der Waals surface area contributed by atoms with Crippen molar-refractivity contribution in [1.29, 1.82) is 0 Å². The van der Waals surface area contributed by atoms with E-state index < -0.39 is 10.0 Å². The van der Waals surface area contributed by atoms with Crippen LogP contribution in [0.4, 0.5) is 5.69 Å². The van der Waals surface area contributed by atoms with Crippen LogP contribution in [0, 0.1) is 20.8 Å². The molecule has 108 valence electrons. The Morgan fingerprint density at radius 3 is 2.50 bits per heavy atom. The molecule has 0 aliphatic heterocycles. The number of hydrogen-bond acceptors (Lipinski definition) is 4. The minimum absolute atomic E-state index is 0.254. The summed E-state index contributed by atoms with van der Waals surface area (Å²) in [6, 6.07) is 5.26. The number of sulfonamides is 1. The van der Waals surface area contributed by atoms with Crippen molar-refractivity contribution >= 4 is 27.0 Å². The van der Waals surface area contributed by atoms with Gasteiger partial charge < -0.3 is 5.73 Å². The maximum Gasteiger partial charge on any atom is 0.241 e. The fraction of sp³-hybridized carbons (Fsp3) is 0.286. The average Bonchev–Trinajstić information content (AvgIpc) is 2.77. The first-order valence-electron chi connectivity index (χ1n) is 6.20. The zero-order valence-corrected chi connectivity index (χ0v) is 13.4. The third kappa shape index (κ3) is 3.03. The molecule has 1 heterocycles. The number of benzene rings is 1. The van der Waals surface area contributed by atoms with E-state index in [0.29, 0.717) is 12.2 Å². The number of hydrogen-bond donors (Lipinski definition) is 2. The molecule has 0 saturated heterocycles. The summed E-state index contributed by atoms with van der Waals surface area (Å²) >= 11 is 1.54. The molecule has 2 aromatic rings. The fourth-order valence-electron chi connectivity index (χ4n) is 1.96. The minimum atomic E-state index is -3.55. The minimum Gasteiger partial charge on any atom is -0.399 e. The molecule has 0 amide bonds. The van der Waals surface area contributed by atoms with Crippen LogP contribution >= 0.6 is 11.3 Å². The van der Waals surface area contributed by atoms with Crippen LogP contribution in [0.25, 0.3) is 0 Å². The zero-order chi connectivity index (χ0) is 14.9. The molecule has 0 spiro atoms. The Balaban J connectivity index is 2.29. The highest BCUT2D eigenvalue weighted by Gasteiger charge is 2.18. The quantitative estimate of drug-likeness (QED) is 0.853. The molecule has 0 bridgehead atoms. The molecule has 0 saturated carbocycles. The van der Waals surface area contributed by atoms with Crippen molar-refractivity contribution in [3.8, 4) is 0 Å². The lowest BCUT2D eigenvalue weighted by Crippen LogP contribution is -2.24. The van der Waals surface area contributed by atoms with E-state index in [1.807, 2.05) is 25.3 Å². The SMILES string of the molecule is Cc1ccsc1CNS(=O)(=O)c1cc(N)cc(C)c1C. The van der Waals surface area contributed by atoms with E-state index >= 15 is 0 Å². The standard InChI is InChI=1S/C14H18N2O2S2/c1-9-4-5-19-13(9)8-16-20(17,18)14-7-12(15)6-10(2)11(14)3/h4-7,16H,8,15H2,1-3H3. The fourth-order valence-corrected chi connectivity index (χ4v) is 4.24. The van der Waals surface area contributed by atoms with Crippen molar-refractivity contribution in [1.82, 2.24) is 4.72 Å². The smallest absolute Gasteiger partial charge is 0.241 e. The second-order valence-corrected chi connectivity index (χ2v) is 7.55. The van der Waals surface area contributed by atoms with Gasteiger partial charge in [0.15, 0.2) is 0 Å². The molecule has 0 aliphatic rings. The van der Waals surface area contributed by atoms with Gasteiger partial charge >= 0.3 is 0 Å². The second kappa shape index (κ2) is 5.55. The van der Waals surface area contributed by atoms with Crippen LogP contribution in [-0.2, 0) is 16.6 Å². The van der Waals surface area contributed by atoms with Crippen LogP contribution in [0.5, 0.6) is 0 Å². The van der Waals surface area contributed by atoms with Gasteiger partial charge in [-0.2, -0.15) is 0 Å². The van der Waals surface area contributed by atoms with Crippen LogP contribution in [0.15, 0.2) is 28.5 Å². The highest BCUT2D eigenvalue weighted by Crippen LogP contribution is 2.23. The summed E-state index contributed by atoms with van der Waals surface area (Å²) in [4.78, 5) is 1.27. The summed E-state index contributed by atoms with van der Waals surface area (Å²) in [5, 5.41) is 1.95. The molecule has 1 aromatic carbocycles. The Hall–Kier alpha value is -1.37. The number of rotatable bonds is 4. The Bertz CT molecular complexity index is 734. The van der Waals surface area contributed by atoms with Gasteiger partial charge in [0.1, 0.15) is 0 Å². The molecule has 0 fully saturated rings. The van der Waals surface area contributed by atoms with Crippen molar-refractivity contribution < 1.29 is 8.42 Å². The van der Waals surface area contributed by atoms with Crippen LogP contribution in [0.1, 0.15) is 21.6 Å². The van der Waals surface area contributed by atoms with Crippen LogP contribution in [0.2, 0.25) is 0 Å². The van der Waals surface area contributed by atoms with E-state index in [2.05, 4.69) is 4.72 Å². The van der Waals surface area contributed by atoms with E-state index in [4.69, 9.17) is 5.73 Å². The normalized spacial score (nSPS) is 11.8. The number of thiophene rings is 1. The Morgan fingerprint density at radius 1 is 1.20 bits per heavy atom. The number of nitrogens with two attached hydrogens (primary N) is 1. The predicted molar refractivity (Wildman–Crippen MR) is 83.4 cm³/mol. The highest BCUT2D eigenvalue weighted by molar-refractivity contribution is 7.89. The van der Waals surface area contributed by atoms with Crippen molar-refractivity contribution in [2.45, 2.75) is 32.2 Å². The summed E-state index contributed by atoms with van der Waals surface area (Å²) < 4.78 is 27.4. The van der Waals surface area contributed by atoms with Crippen LogP contribution < -0.4 is 10.5 Å². The summed E-state index contributed by atoms with van der Waals surface area (Å²) in [7, 11) is -3.55. The topological polar surface area (TPSA) is 72.2 Å². The van der Waals surface area contributed by atoms with E-state index in [0.717, 1.165) is 21.6 Å². The van der Waals surface area contributed by atoms with Gasteiger partial charge in [-0.05, 0) is 61.0 Å². The summed E-state index contributed by atoms with van der Waals surface area (Å²) in [5.41, 5.74) is 8.91. The molecule has 20 heavy (non-hydrogen) atoms. The number of nitrogen functional groups attached to an aromatic ring is 1. The average molecular weight is 310 g/mol. The molecule has 0 radical (unpaired) electrons. The van der Waals surface area contributed by atoms with Crippen molar-refractivity contribution in [2.24, 2.45) is 0 Å². The molecule has 0 unspecified atom stereocenters. The largest absolute Gasteiger partial charge is 0.399 e. The van der Waals surface area contributed by atoms with Gasteiger partial charge in [0, 0.05) is 17.1 Å². The van der Waals surface area contributed by atoms with Crippen molar-refractivity contribution in [3.63, 3.8) is 0 Å². The first kappa shape index (κ1) is 15.0. The lowest BCUT2D eigenvalue weighted by atomic mass is 10.1. The highest BCUT2D eigenvalue weighted by atomic mass is 32.2. The summed E-state index contributed by atoms with van der Waals surface area (Å²) in [5.74, 6) is 0. The van der Waals surface area contributed by atoms with E-state index in [-0.39, 0.29) is 4.90 Å². The number of aryl methyl sites for hydroxylation is 2. The van der Waals surface area contributed by atoms with Gasteiger partial charge in [-0.25, -0.2) is 13.1 Å². The third-order valence-corrected chi connectivity index (χ3v) is 5.87. The first-order chi connectivity index (χ1) is 9.31. The van der Waals surface area contributed by atoms with Gasteiger partial charge in [0.05, 0.1) is 4.90 Å². The third-order valence-electron chi connectivity index (χ3n) is 3.32. The molecule has 0 aliphatic carbocycles. The summed E-state index contributed by atoms with van der Waals surface area (Å²) in [6.07, 6.45) is 0. The Kier molecular flexibility index (Phi) is 4.17. The van der Waals surface area contributed by atoms with Gasteiger partial charge in [-0.15, -0.1) is 11.3 Å². The van der Waals surface area contributed by atoms with Gasteiger partial charge in [-0.1, -0.05) is 0 Å². The van der Waals surface area contributed by atoms with E-state index in [9.17, 15) is 8.42 Å². The van der Waals surface area contributed by atoms with Gasteiger partial charge in [0.25, 0.3) is 0 Å². The van der Waals surface area contributed by atoms with Gasteiger partial charge in [0.2, 0.25) is 10.0 Å². The first-order valence-corrected chi connectivity index (χ1v) is 8.57. The lowest BCUT2D eigenvalue weighted by Gasteiger charge is -2.12. The molecular formula is C14H18N2O2S2. The molecule has 6 heteroatoms.